The predicted octanol–water partition coefficient (Wildman–Crippen LogP) is 2.27. The number of sulfonamides is 1. The molecule has 2 N–H and O–H groups in total. The third kappa shape index (κ3) is 5.74. The Hall–Kier alpha value is -2.03. The van der Waals surface area contributed by atoms with Gasteiger partial charge in [-0.15, -0.1) is 0 Å². The Morgan fingerprint density at radius 1 is 1.14 bits per heavy atom. The van der Waals surface area contributed by atoms with Crippen molar-refractivity contribution in [2.24, 2.45) is 0 Å². The van der Waals surface area contributed by atoms with Crippen molar-refractivity contribution < 1.29 is 13.2 Å². The van der Waals surface area contributed by atoms with Crippen molar-refractivity contribution >= 4 is 33.4 Å². The summed E-state index contributed by atoms with van der Waals surface area (Å²) in [5.74, 6) is 0.403. The van der Waals surface area contributed by atoms with E-state index in [0.29, 0.717) is 25.3 Å². The maximum absolute atomic E-state index is 12.7. The van der Waals surface area contributed by atoms with Gasteiger partial charge in [-0.2, -0.15) is 16.5 Å². The monoisotopic (exact) mass is 433 g/mol. The molecule has 2 aromatic rings. The summed E-state index contributed by atoms with van der Waals surface area (Å²) in [4.78, 5) is 15.1. The summed E-state index contributed by atoms with van der Waals surface area (Å²) >= 11 is 1.58. The van der Waals surface area contributed by atoms with E-state index in [1.807, 2.05) is 18.4 Å². The van der Waals surface area contributed by atoms with Crippen molar-refractivity contribution in [3.63, 3.8) is 0 Å². The fraction of sp³-hybridized carbons (Fsp3) is 0.381. The predicted molar refractivity (Wildman–Crippen MR) is 119 cm³/mol. The minimum Gasteiger partial charge on any atom is -0.369 e. The SMILES string of the molecule is CSCC[C@@H](NS(=O)(=O)c1ccccc1)C(=O)NCCN1CCc2ccccc21. The lowest BCUT2D eigenvalue weighted by Crippen LogP contribution is -2.48. The van der Waals surface area contributed by atoms with Gasteiger partial charge in [0.15, 0.2) is 0 Å². The van der Waals surface area contributed by atoms with Gasteiger partial charge >= 0.3 is 0 Å². The number of thioether (sulfide) groups is 1. The van der Waals surface area contributed by atoms with E-state index in [4.69, 9.17) is 0 Å². The average molecular weight is 434 g/mol. The van der Waals surface area contributed by atoms with Crippen LogP contribution in [0.15, 0.2) is 59.5 Å². The van der Waals surface area contributed by atoms with Crippen molar-refractivity contribution in [2.75, 3.05) is 36.5 Å². The van der Waals surface area contributed by atoms with Gasteiger partial charge in [-0.3, -0.25) is 4.79 Å². The first kappa shape index (κ1) is 21.7. The summed E-state index contributed by atoms with van der Waals surface area (Å²) in [5.41, 5.74) is 2.54. The van der Waals surface area contributed by atoms with E-state index < -0.39 is 16.1 Å². The van der Waals surface area contributed by atoms with Gasteiger partial charge in [-0.05, 0) is 48.6 Å². The van der Waals surface area contributed by atoms with Crippen molar-refractivity contribution in [2.45, 2.75) is 23.8 Å². The van der Waals surface area contributed by atoms with Crippen LogP contribution in [0.25, 0.3) is 0 Å². The van der Waals surface area contributed by atoms with Gasteiger partial charge in [0.05, 0.1) is 4.90 Å². The summed E-state index contributed by atoms with van der Waals surface area (Å²) < 4.78 is 27.8. The Morgan fingerprint density at radius 3 is 2.62 bits per heavy atom. The number of anilines is 1. The summed E-state index contributed by atoms with van der Waals surface area (Å²) in [7, 11) is -3.75. The number of nitrogens with one attached hydrogen (secondary N) is 2. The van der Waals surface area contributed by atoms with Crippen LogP contribution in [0.1, 0.15) is 12.0 Å². The standard InChI is InChI=1S/C21H27N3O3S2/c1-28-16-12-19(23-29(26,27)18-8-3-2-4-9-18)21(25)22-13-15-24-14-11-17-7-5-6-10-20(17)24/h2-10,19,23H,11-16H2,1H3,(H,22,25)/t19-/m1/s1. The lowest BCUT2D eigenvalue weighted by atomic mass is 10.2. The summed E-state index contributed by atoms with van der Waals surface area (Å²) in [6.07, 6.45) is 3.38. The molecule has 1 heterocycles. The number of carbonyl (C=O) groups excluding carboxylic acids is 1. The van der Waals surface area contributed by atoms with Gasteiger partial charge in [0.1, 0.15) is 6.04 Å². The minimum absolute atomic E-state index is 0.163. The molecule has 0 saturated carbocycles. The van der Waals surface area contributed by atoms with Crippen LogP contribution >= 0.6 is 11.8 Å². The van der Waals surface area contributed by atoms with Crippen molar-refractivity contribution in [3.05, 3.63) is 60.2 Å². The highest BCUT2D eigenvalue weighted by Crippen LogP contribution is 2.26. The van der Waals surface area contributed by atoms with E-state index in [1.54, 1.807) is 30.0 Å². The van der Waals surface area contributed by atoms with Crippen LogP contribution in [0.2, 0.25) is 0 Å². The molecule has 156 valence electrons. The van der Waals surface area contributed by atoms with Crippen LogP contribution in [-0.4, -0.2) is 52.0 Å². The Bertz CT molecular complexity index is 920. The quantitative estimate of drug-likeness (QED) is 0.601. The molecule has 6 nitrogen and oxygen atoms in total. The lowest BCUT2D eigenvalue weighted by Gasteiger charge is -2.22. The molecule has 8 heteroatoms. The van der Waals surface area contributed by atoms with Crippen LogP contribution in [0.3, 0.4) is 0 Å². The van der Waals surface area contributed by atoms with Crippen LogP contribution in [0.5, 0.6) is 0 Å². The molecule has 0 bridgehead atoms. The van der Waals surface area contributed by atoms with E-state index >= 15 is 0 Å². The number of rotatable bonds is 10. The molecule has 0 spiro atoms. The molecule has 0 aliphatic carbocycles. The molecule has 3 rings (SSSR count). The molecule has 1 aliphatic heterocycles. The smallest absolute Gasteiger partial charge is 0.241 e. The van der Waals surface area contributed by atoms with Crippen LogP contribution in [0.4, 0.5) is 5.69 Å². The molecule has 29 heavy (non-hydrogen) atoms. The molecule has 1 amide bonds. The van der Waals surface area contributed by atoms with Gasteiger partial charge < -0.3 is 10.2 Å². The maximum Gasteiger partial charge on any atom is 0.241 e. The summed E-state index contributed by atoms with van der Waals surface area (Å²) in [5, 5.41) is 2.91. The zero-order chi connectivity index (χ0) is 20.7. The Kier molecular flexibility index (Phi) is 7.57. The largest absolute Gasteiger partial charge is 0.369 e. The van der Waals surface area contributed by atoms with E-state index in [1.165, 1.54) is 23.4 Å². The maximum atomic E-state index is 12.7. The first-order valence-corrected chi connectivity index (χ1v) is 12.6. The van der Waals surface area contributed by atoms with Gasteiger partial charge in [0.2, 0.25) is 15.9 Å². The van der Waals surface area contributed by atoms with Crippen molar-refractivity contribution in [3.8, 4) is 0 Å². The van der Waals surface area contributed by atoms with Gasteiger partial charge in [0, 0.05) is 25.3 Å². The molecule has 1 atom stereocenters. The van der Waals surface area contributed by atoms with Gasteiger partial charge in [-0.25, -0.2) is 8.42 Å². The number of fused-ring (bicyclic) bond motifs is 1. The van der Waals surface area contributed by atoms with E-state index in [2.05, 4.69) is 27.1 Å². The zero-order valence-corrected chi connectivity index (χ0v) is 18.1. The van der Waals surface area contributed by atoms with Crippen molar-refractivity contribution in [1.82, 2.24) is 10.0 Å². The fourth-order valence-corrected chi connectivity index (χ4v) is 5.13. The number of nitrogens with zero attached hydrogens (tertiary/aromatic N) is 1. The van der Waals surface area contributed by atoms with E-state index in [-0.39, 0.29) is 10.8 Å². The van der Waals surface area contributed by atoms with Crippen LogP contribution in [0, 0.1) is 0 Å². The number of para-hydroxylation sites is 1. The highest BCUT2D eigenvalue weighted by atomic mass is 32.2. The number of amides is 1. The van der Waals surface area contributed by atoms with E-state index in [0.717, 1.165) is 13.0 Å². The number of carbonyl (C=O) groups is 1. The molecule has 0 fully saturated rings. The van der Waals surface area contributed by atoms with Gasteiger partial charge in [-0.1, -0.05) is 36.4 Å². The molecular formula is C21H27N3O3S2. The molecule has 2 aromatic carbocycles. The highest BCUT2D eigenvalue weighted by molar-refractivity contribution is 7.98. The highest BCUT2D eigenvalue weighted by Gasteiger charge is 2.25. The zero-order valence-electron chi connectivity index (χ0n) is 16.5. The second-order valence-corrected chi connectivity index (χ2v) is 9.62. The molecule has 0 unspecified atom stereocenters. The normalized spacial score (nSPS) is 14.4. The third-order valence-corrected chi connectivity index (χ3v) is 7.07. The Labute approximate surface area is 177 Å². The summed E-state index contributed by atoms with van der Waals surface area (Å²) in [6, 6.07) is 15.6. The third-order valence-electron chi connectivity index (χ3n) is 4.94. The molecular weight excluding hydrogens is 406 g/mol. The molecule has 1 aliphatic rings. The summed E-state index contributed by atoms with van der Waals surface area (Å²) in [6.45, 7) is 2.10. The number of hydrogen-bond acceptors (Lipinski definition) is 5. The average Bonchev–Trinajstić information content (AvgIpc) is 3.15. The molecule has 0 aromatic heterocycles. The first-order valence-electron chi connectivity index (χ1n) is 9.68. The van der Waals surface area contributed by atoms with Crippen LogP contribution < -0.4 is 14.9 Å². The Morgan fingerprint density at radius 2 is 1.86 bits per heavy atom. The Balaban J connectivity index is 1.58. The topological polar surface area (TPSA) is 78.5 Å². The fourth-order valence-electron chi connectivity index (χ4n) is 3.41. The second-order valence-electron chi connectivity index (χ2n) is 6.93. The minimum atomic E-state index is -3.75. The second kappa shape index (κ2) is 10.1. The molecule has 0 radical (unpaired) electrons. The van der Waals surface area contributed by atoms with Gasteiger partial charge in [0.25, 0.3) is 0 Å². The first-order chi connectivity index (χ1) is 14.0. The number of hydrogen-bond donors (Lipinski definition) is 2. The van der Waals surface area contributed by atoms with Crippen LogP contribution in [-0.2, 0) is 21.2 Å². The number of benzene rings is 2. The molecule has 0 saturated heterocycles. The van der Waals surface area contributed by atoms with E-state index in [9.17, 15) is 13.2 Å². The van der Waals surface area contributed by atoms with Crippen molar-refractivity contribution in [1.29, 1.82) is 0 Å². The lowest BCUT2D eigenvalue weighted by molar-refractivity contribution is -0.122.